The summed E-state index contributed by atoms with van der Waals surface area (Å²) in [6.07, 6.45) is 5.53. The summed E-state index contributed by atoms with van der Waals surface area (Å²) in [5, 5.41) is 23.4. The number of rotatable bonds is 4. The molecule has 1 aromatic carbocycles. The van der Waals surface area contributed by atoms with Crippen molar-refractivity contribution in [3.8, 4) is 11.5 Å². The maximum absolute atomic E-state index is 12.9. The molecule has 1 amide bonds. The van der Waals surface area contributed by atoms with Crippen LogP contribution < -0.4 is 11.0 Å². The number of amides is 1. The lowest BCUT2D eigenvalue weighted by atomic mass is 9.89. The summed E-state index contributed by atoms with van der Waals surface area (Å²) in [6.45, 7) is 2.00. The summed E-state index contributed by atoms with van der Waals surface area (Å²) in [6, 6.07) is 4.03. The van der Waals surface area contributed by atoms with Crippen molar-refractivity contribution in [3.05, 3.63) is 50.9 Å². The fourth-order valence-electron chi connectivity index (χ4n) is 3.48. The Kier molecular flexibility index (Phi) is 5.06. The molecule has 0 spiro atoms. The second kappa shape index (κ2) is 7.67. The molecule has 2 heterocycles. The average molecular weight is 412 g/mol. The Bertz CT molecular complexity index is 1180. The Balaban J connectivity index is 1.50. The minimum atomic E-state index is -0.486. The van der Waals surface area contributed by atoms with Crippen molar-refractivity contribution < 1.29 is 15.0 Å². The number of aromatic hydroxyl groups is 2. The highest BCUT2D eigenvalue weighted by atomic mass is 32.1. The number of hydrogen-bond acceptors (Lipinski definition) is 7. The van der Waals surface area contributed by atoms with E-state index in [1.807, 2.05) is 0 Å². The van der Waals surface area contributed by atoms with E-state index in [0.29, 0.717) is 16.9 Å². The Labute approximate surface area is 170 Å². The van der Waals surface area contributed by atoms with Gasteiger partial charge in [0.05, 0.1) is 17.9 Å². The van der Waals surface area contributed by atoms with Gasteiger partial charge in [0.25, 0.3) is 11.5 Å². The van der Waals surface area contributed by atoms with Crippen LogP contribution in [0.5, 0.6) is 11.5 Å². The molecule has 29 heavy (non-hydrogen) atoms. The third kappa shape index (κ3) is 3.86. The third-order valence-corrected chi connectivity index (χ3v) is 6.17. The zero-order chi connectivity index (χ0) is 20.5. The van der Waals surface area contributed by atoms with E-state index in [1.165, 1.54) is 40.2 Å². The van der Waals surface area contributed by atoms with Gasteiger partial charge in [0.2, 0.25) is 0 Å². The highest BCUT2D eigenvalue weighted by Gasteiger charge is 2.23. The number of hydrazone groups is 1. The summed E-state index contributed by atoms with van der Waals surface area (Å²) in [7, 11) is 0. The van der Waals surface area contributed by atoms with Crippen molar-refractivity contribution in [2.24, 2.45) is 11.0 Å². The Morgan fingerprint density at radius 3 is 3.07 bits per heavy atom. The molecule has 9 heteroatoms. The normalized spacial score (nSPS) is 16.2. The Morgan fingerprint density at radius 2 is 2.28 bits per heavy atom. The van der Waals surface area contributed by atoms with Gasteiger partial charge in [-0.2, -0.15) is 5.10 Å². The van der Waals surface area contributed by atoms with E-state index in [9.17, 15) is 19.8 Å². The number of phenols is 2. The molecule has 0 radical (unpaired) electrons. The molecule has 3 N–H and O–H groups in total. The molecule has 4 rings (SSSR count). The smallest absolute Gasteiger partial charge is 0.262 e. The van der Waals surface area contributed by atoms with Crippen molar-refractivity contribution >= 4 is 33.7 Å². The second-order valence-corrected chi connectivity index (χ2v) is 8.33. The van der Waals surface area contributed by atoms with E-state index in [4.69, 9.17) is 0 Å². The van der Waals surface area contributed by atoms with Crippen molar-refractivity contribution in [2.75, 3.05) is 0 Å². The Hall–Kier alpha value is -3.20. The highest BCUT2D eigenvalue weighted by molar-refractivity contribution is 7.18. The molecule has 150 valence electrons. The zero-order valence-electron chi connectivity index (χ0n) is 15.8. The molecule has 1 atom stereocenters. The van der Waals surface area contributed by atoms with Crippen LogP contribution in [0.15, 0.2) is 34.4 Å². The molecule has 8 nitrogen and oxygen atoms in total. The summed E-state index contributed by atoms with van der Waals surface area (Å²) >= 11 is 1.57. The summed E-state index contributed by atoms with van der Waals surface area (Å²) in [4.78, 5) is 31.4. The zero-order valence-corrected chi connectivity index (χ0v) is 16.6. The number of thiophene rings is 1. The predicted molar refractivity (Wildman–Crippen MR) is 111 cm³/mol. The number of aromatic nitrogens is 2. The SMILES string of the molecule is CC1CCc2c(sc3ncn(CC(=O)NN=Cc4ccc(O)cc4O)c(=O)c23)C1. The highest BCUT2D eigenvalue weighted by Crippen LogP contribution is 2.35. The maximum atomic E-state index is 12.9. The second-order valence-electron chi connectivity index (χ2n) is 7.25. The number of aryl methyl sites for hydroxylation is 1. The van der Waals surface area contributed by atoms with Crippen LogP contribution >= 0.6 is 11.3 Å². The molecular formula is C20H20N4O4S. The van der Waals surface area contributed by atoms with Gasteiger partial charge < -0.3 is 10.2 Å². The maximum Gasteiger partial charge on any atom is 0.262 e. The van der Waals surface area contributed by atoms with Gasteiger partial charge in [-0.25, -0.2) is 10.4 Å². The van der Waals surface area contributed by atoms with Gasteiger partial charge in [-0.15, -0.1) is 11.3 Å². The number of carbonyl (C=O) groups excluding carboxylic acids is 1. The molecule has 1 unspecified atom stereocenters. The summed E-state index contributed by atoms with van der Waals surface area (Å²) < 4.78 is 1.29. The number of fused-ring (bicyclic) bond motifs is 3. The molecule has 0 saturated carbocycles. The number of carbonyl (C=O) groups is 1. The predicted octanol–water partition coefficient (Wildman–Crippen LogP) is 2.14. The molecule has 0 bridgehead atoms. The van der Waals surface area contributed by atoms with Crippen molar-refractivity contribution in [1.29, 1.82) is 0 Å². The standard InChI is InChI=1S/C20H20N4O4S/c1-11-2-5-14-16(6-11)29-19-18(14)20(28)24(10-21-19)9-17(27)23-22-8-12-3-4-13(25)7-15(12)26/h3-4,7-8,10-11,25-26H,2,5-6,9H2,1H3,(H,23,27). The van der Waals surface area contributed by atoms with E-state index < -0.39 is 5.91 Å². The van der Waals surface area contributed by atoms with Gasteiger partial charge in [-0.1, -0.05) is 6.92 Å². The minimum absolute atomic E-state index is 0.0731. The number of phenolic OH excluding ortho intramolecular Hbond substituents is 2. The quantitative estimate of drug-likeness (QED) is 0.448. The van der Waals surface area contributed by atoms with Crippen LogP contribution in [0.4, 0.5) is 0 Å². The van der Waals surface area contributed by atoms with E-state index in [2.05, 4.69) is 22.4 Å². The Morgan fingerprint density at radius 1 is 1.45 bits per heavy atom. The molecule has 1 aliphatic rings. The molecule has 3 aromatic rings. The third-order valence-electron chi connectivity index (χ3n) is 5.00. The van der Waals surface area contributed by atoms with Crippen LogP contribution in [0.2, 0.25) is 0 Å². The molecular weight excluding hydrogens is 392 g/mol. The van der Waals surface area contributed by atoms with E-state index in [0.717, 1.165) is 29.7 Å². The van der Waals surface area contributed by atoms with Gasteiger partial charge in [0.1, 0.15) is 22.9 Å². The summed E-state index contributed by atoms with van der Waals surface area (Å²) in [5.74, 6) is -0.114. The largest absolute Gasteiger partial charge is 0.508 e. The van der Waals surface area contributed by atoms with Crippen molar-refractivity contribution in [3.63, 3.8) is 0 Å². The lowest BCUT2D eigenvalue weighted by molar-refractivity contribution is -0.121. The molecule has 2 aromatic heterocycles. The average Bonchev–Trinajstić information content (AvgIpc) is 3.04. The van der Waals surface area contributed by atoms with Crippen LogP contribution in [0, 0.1) is 5.92 Å². The molecule has 1 aliphatic carbocycles. The van der Waals surface area contributed by atoms with E-state index in [1.54, 1.807) is 11.3 Å². The van der Waals surface area contributed by atoms with E-state index in [-0.39, 0.29) is 23.6 Å². The van der Waals surface area contributed by atoms with Crippen molar-refractivity contribution in [1.82, 2.24) is 15.0 Å². The molecule has 0 aliphatic heterocycles. The summed E-state index contributed by atoms with van der Waals surface area (Å²) in [5.41, 5.74) is 3.54. The van der Waals surface area contributed by atoms with Crippen LogP contribution in [0.1, 0.15) is 29.3 Å². The first-order valence-electron chi connectivity index (χ1n) is 9.26. The topological polar surface area (TPSA) is 117 Å². The van der Waals surface area contributed by atoms with Crippen LogP contribution in [-0.4, -0.2) is 31.9 Å². The number of nitrogens with zero attached hydrogens (tertiary/aromatic N) is 3. The van der Waals surface area contributed by atoms with Crippen molar-refractivity contribution in [2.45, 2.75) is 32.7 Å². The van der Waals surface area contributed by atoms with Crippen LogP contribution in [0.25, 0.3) is 10.2 Å². The fourth-order valence-corrected chi connectivity index (χ4v) is 4.82. The monoisotopic (exact) mass is 412 g/mol. The molecule has 0 saturated heterocycles. The van der Waals surface area contributed by atoms with E-state index >= 15 is 0 Å². The number of nitrogens with one attached hydrogen (secondary N) is 1. The van der Waals surface area contributed by atoms with Gasteiger partial charge in [0, 0.05) is 16.5 Å². The lowest BCUT2D eigenvalue weighted by Gasteiger charge is -2.17. The van der Waals surface area contributed by atoms with Gasteiger partial charge >= 0.3 is 0 Å². The first-order chi connectivity index (χ1) is 13.9. The fraction of sp³-hybridized carbons (Fsp3) is 0.300. The van der Waals surface area contributed by atoms with Gasteiger partial charge in [-0.05, 0) is 42.9 Å². The molecule has 0 fully saturated rings. The van der Waals surface area contributed by atoms with Crippen LogP contribution in [-0.2, 0) is 24.2 Å². The lowest BCUT2D eigenvalue weighted by Crippen LogP contribution is -2.30. The number of hydrogen-bond donors (Lipinski definition) is 3. The van der Waals surface area contributed by atoms with Crippen LogP contribution in [0.3, 0.4) is 0 Å². The number of benzene rings is 1. The minimum Gasteiger partial charge on any atom is -0.508 e. The van der Waals surface area contributed by atoms with Gasteiger partial charge in [-0.3, -0.25) is 14.2 Å². The van der Waals surface area contributed by atoms with Gasteiger partial charge in [0.15, 0.2) is 0 Å². The first kappa shape index (κ1) is 19.1. The first-order valence-corrected chi connectivity index (χ1v) is 10.1.